The minimum Gasteiger partial charge on any atom is -0.401 e. The van der Waals surface area contributed by atoms with Gasteiger partial charge in [0, 0.05) is 0 Å². The molecule has 0 fully saturated rings. The number of ether oxygens (including phenoxy) is 1. The number of benzene rings is 2. The largest absolute Gasteiger partial charge is 0.401 e. The van der Waals surface area contributed by atoms with Crippen molar-refractivity contribution in [1.82, 2.24) is 0 Å². The number of esters is 1. The summed E-state index contributed by atoms with van der Waals surface area (Å²) in [5.41, 5.74) is 1.26. The van der Waals surface area contributed by atoms with Crippen LogP contribution in [0.1, 0.15) is 10.4 Å². The van der Waals surface area contributed by atoms with Gasteiger partial charge in [-0.05, 0) is 39.9 Å². The lowest BCUT2D eigenvalue weighted by Gasteiger charge is -1.99. The molecule has 3 aromatic rings. The quantitative estimate of drug-likeness (QED) is 0.524. The minimum absolute atomic E-state index is 0.332. The van der Waals surface area contributed by atoms with Crippen LogP contribution >= 0.6 is 11.3 Å². The molecule has 0 unspecified atom stereocenters. The summed E-state index contributed by atoms with van der Waals surface area (Å²) in [5.74, 6) is -0.0244. The van der Waals surface area contributed by atoms with Gasteiger partial charge in [0.1, 0.15) is 0 Å². The highest BCUT2D eigenvalue weighted by Gasteiger charge is 2.24. The molecule has 0 radical (unpaired) electrons. The van der Waals surface area contributed by atoms with Crippen molar-refractivity contribution in [2.75, 3.05) is 0 Å². The molecule has 4 rings (SSSR count). The molecule has 1 aliphatic heterocycles. The molecule has 0 amide bonds. The summed E-state index contributed by atoms with van der Waals surface area (Å²) >= 11 is 1.50. The first kappa shape index (κ1) is 13.0. The van der Waals surface area contributed by atoms with E-state index < -0.39 is 5.97 Å². The van der Waals surface area contributed by atoms with Crippen LogP contribution in [0.5, 0.6) is 0 Å². The van der Waals surface area contributed by atoms with Crippen LogP contribution in [0, 0.1) is 0 Å². The molecule has 4 heteroatoms. The van der Waals surface area contributed by atoms with Gasteiger partial charge in [0.25, 0.3) is 0 Å². The first-order valence-electron chi connectivity index (χ1n) is 6.85. The van der Waals surface area contributed by atoms with Gasteiger partial charge in [0.2, 0.25) is 5.90 Å². The summed E-state index contributed by atoms with van der Waals surface area (Å²) in [6, 6.07) is 17.9. The van der Waals surface area contributed by atoms with E-state index in [0.29, 0.717) is 11.6 Å². The van der Waals surface area contributed by atoms with Crippen LogP contribution in [0.4, 0.5) is 0 Å². The van der Waals surface area contributed by atoms with Crippen molar-refractivity contribution in [2.45, 2.75) is 0 Å². The monoisotopic (exact) mass is 305 g/mol. The molecule has 0 N–H and O–H groups in total. The topological polar surface area (TPSA) is 38.7 Å². The number of thiophene rings is 1. The van der Waals surface area contributed by atoms with E-state index in [0.717, 1.165) is 15.8 Å². The second kappa shape index (κ2) is 5.24. The molecular formula is C18H11NO2S. The maximum absolute atomic E-state index is 11.9. The van der Waals surface area contributed by atoms with Gasteiger partial charge in [-0.3, -0.25) is 0 Å². The Morgan fingerprint density at radius 2 is 1.86 bits per heavy atom. The number of carbonyl (C=O) groups is 1. The Morgan fingerprint density at radius 3 is 2.68 bits per heavy atom. The Bertz CT molecular complexity index is 923. The van der Waals surface area contributed by atoms with Crippen molar-refractivity contribution < 1.29 is 9.53 Å². The minimum atomic E-state index is -0.406. The van der Waals surface area contributed by atoms with Gasteiger partial charge in [0.05, 0.1) is 4.88 Å². The molecule has 1 aromatic heterocycles. The summed E-state index contributed by atoms with van der Waals surface area (Å²) in [6.45, 7) is 0. The fourth-order valence-electron chi connectivity index (χ4n) is 2.37. The van der Waals surface area contributed by atoms with Crippen LogP contribution in [-0.4, -0.2) is 11.9 Å². The zero-order valence-electron chi connectivity index (χ0n) is 11.5. The van der Waals surface area contributed by atoms with E-state index in [-0.39, 0.29) is 0 Å². The third kappa shape index (κ3) is 2.34. The van der Waals surface area contributed by atoms with Gasteiger partial charge in [-0.15, -0.1) is 11.3 Å². The molecule has 0 bridgehead atoms. The highest BCUT2D eigenvalue weighted by atomic mass is 32.1. The highest BCUT2D eigenvalue weighted by Crippen LogP contribution is 2.23. The van der Waals surface area contributed by atoms with Crippen LogP contribution in [0.2, 0.25) is 0 Å². The Balaban J connectivity index is 1.73. The number of hydrogen-bond donors (Lipinski definition) is 0. The van der Waals surface area contributed by atoms with E-state index in [4.69, 9.17) is 4.74 Å². The van der Waals surface area contributed by atoms with Crippen molar-refractivity contribution in [3.05, 3.63) is 76.1 Å². The van der Waals surface area contributed by atoms with Gasteiger partial charge < -0.3 is 4.74 Å². The zero-order chi connectivity index (χ0) is 14.9. The molecule has 0 saturated carbocycles. The molecular weight excluding hydrogens is 294 g/mol. The van der Waals surface area contributed by atoms with Crippen LogP contribution < -0.4 is 0 Å². The van der Waals surface area contributed by atoms with E-state index in [1.165, 1.54) is 16.7 Å². The molecule has 22 heavy (non-hydrogen) atoms. The molecule has 3 nitrogen and oxygen atoms in total. The summed E-state index contributed by atoms with van der Waals surface area (Å²) in [5, 5.41) is 4.23. The van der Waals surface area contributed by atoms with Gasteiger partial charge in [-0.1, -0.05) is 42.5 Å². The Kier molecular flexibility index (Phi) is 3.09. The first-order chi connectivity index (χ1) is 10.8. The number of carbonyl (C=O) groups excluding carboxylic acids is 1. The number of nitrogens with zero attached hydrogens (tertiary/aromatic N) is 1. The fourth-order valence-corrected chi connectivity index (χ4v) is 3.02. The molecule has 0 atom stereocenters. The number of hydrogen-bond acceptors (Lipinski definition) is 4. The second-order valence-electron chi connectivity index (χ2n) is 4.92. The molecule has 106 valence electrons. The summed E-state index contributed by atoms with van der Waals surface area (Å²) in [4.78, 5) is 17.1. The standard InChI is InChI=1S/C18H11NO2S/c20-18-15(19-17(21-18)16-6-3-9-22-16)11-12-7-8-13-4-1-2-5-14(13)10-12/h1-11H. The number of fused-ring (bicyclic) bond motifs is 1. The predicted molar refractivity (Wildman–Crippen MR) is 88.9 cm³/mol. The second-order valence-corrected chi connectivity index (χ2v) is 5.87. The van der Waals surface area contributed by atoms with E-state index in [9.17, 15) is 4.79 Å². The average molecular weight is 305 g/mol. The van der Waals surface area contributed by atoms with Crippen molar-refractivity contribution in [2.24, 2.45) is 4.99 Å². The zero-order valence-corrected chi connectivity index (χ0v) is 12.3. The van der Waals surface area contributed by atoms with Gasteiger partial charge in [-0.25, -0.2) is 9.79 Å². The fraction of sp³-hybridized carbons (Fsp3) is 0. The van der Waals surface area contributed by atoms with Crippen molar-refractivity contribution in [3.63, 3.8) is 0 Å². The van der Waals surface area contributed by atoms with E-state index >= 15 is 0 Å². The van der Waals surface area contributed by atoms with Crippen LogP contribution in [0.3, 0.4) is 0 Å². The van der Waals surface area contributed by atoms with Crippen LogP contribution in [0.25, 0.3) is 16.8 Å². The molecule has 2 aromatic carbocycles. The van der Waals surface area contributed by atoms with Gasteiger partial charge >= 0.3 is 5.97 Å². The lowest BCUT2D eigenvalue weighted by molar-refractivity contribution is -0.129. The molecule has 1 aliphatic rings. The van der Waals surface area contributed by atoms with Crippen molar-refractivity contribution in [1.29, 1.82) is 0 Å². The Morgan fingerprint density at radius 1 is 1.00 bits per heavy atom. The lowest BCUT2D eigenvalue weighted by atomic mass is 10.1. The van der Waals surface area contributed by atoms with Gasteiger partial charge in [-0.2, -0.15) is 0 Å². The maximum Gasteiger partial charge on any atom is 0.363 e. The third-order valence-corrected chi connectivity index (χ3v) is 4.29. The van der Waals surface area contributed by atoms with Crippen LogP contribution in [0.15, 0.2) is 70.7 Å². The van der Waals surface area contributed by atoms with E-state index in [1.807, 2.05) is 53.9 Å². The smallest absolute Gasteiger partial charge is 0.363 e. The molecule has 2 heterocycles. The number of aliphatic imine (C=N–C) groups is 1. The molecule has 0 spiro atoms. The predicted octanol–water partition coefficient (Wildman–Crippen LogP) is 4.25. The van der Waals surface area contributed by atoms with E-state index in [1.54, 1.807) is 6.08 Å². The molecule has 0 aliphatic carbocycles. The number of rotatable bonds is 2. The third-order valence-electron chi connectivity index (χ3n) is 3.43. The number of cyclic esters (lactones) is 1. The van der Waals surface area contributed by atoms with Gasteiger partial charge in [0.15, 0.2) is 5.70 Å². The van der Waals surface area contributed by atoms with Crippen molar-refractivity contribution >= 4 is 40.1 Å². The summed E-state index contributed by atoms with van der Waals surface area (Å²) in [7, 11) is 0. The maximum atomic E-state index is 11.9. The van der Waals surface area contributed by atoms with Crippen LogP contribution in [-0.2, 0) is 9.53 Å². The SMILES string of the molecule is O=C1OC(c2cccs2)=NC1=Cc1ccc2ccccc2c1. The summed E-state index contributed by atoms with van der Waals surface area (Å²) < 4.78 is 5.23. The molecule has 0 saturated heterocycles. The average Bonchev–Trinajstić information content (AvgIpc) is 3.18. The Labute approximate surface area is 131 Å². The van der Waals surface area contributed by atoms with E-state index in [2.05, 4.69) is 11.1 Å². The van der Waals surface area contributed by atoms with Crippen molar-refractivity contribution in [3.8, 4) is 0 Å². The Hall–Kier alpha value is -2.72. The normalized spacial score (nSPS) is 16.1. The lowest BCUT2D eigenvalue weighted by Crippen LogP contribution is -2.03. The summed E-state index contributed by atoms with van der Waals surface area (Å²) in [6.07, 6.45) is 1.76. The highest BCUT2D eigenvalue weighted by molar-refractivity contribution is 7.12. The first-order valence-corrected chi connectivity index (χ1v) is 7.73.